The van der Waals surface area contributed by atoms with Crippen LogP contribution >= 0.6 is 0 Å². The van der Waals surface area contributed by atoms with Crippen molar-refractivity contribution in [3.8, 4) is 0 Å². The van der Waals surface area contributed by atoms with Crippen molar-refractivity contribution in [2.75, 3.05) is 7.05 Å². The highest BCUT2D eigenvalue weighted by atomic mass is 19.1. The van der Waals surface area contributed by atoms with Gasteiger partial charge in [0.15, 0.2) is 0 Å². The third kappa shape index (κ3) is 3.91. The Morgan fingerprint density at radius 3 is 2.35 bits per heavy atom. The number of nitrogens with one attached hydrogen (secondary N) is 1. The van der Waals surface area contributed by atoms with Crippen LogP contribution in [0.5, 0.6) is 0 Å². The molecule has 0 fully saturated rings. The first kappa shape index (κ1) is 14.7. The molecule has 0 aliphatic carbocycles. The van der Waals surface area contributed by atoms with Gasteiger partial charge in [-0.05, 0) is 62.6 Å². The molecule has 0 spiro atoms. The van der Waals surface area contributed by atoms with E-state index < -0.39 is 0 Å². The van der Waals surface area contributed by atoms with Gasteiger partial charge in [-0.25, -0.2) is 4.39 Å². The summed E-state index contributed by atoms with van der Waals surface area (Å²) in [7, 11) is 1.99. The number of halogens is 1. The second-order valence-electron chi connectivity index (χ2n) is 5.45. The van der Waals surface area contributed by atoms with E-state index in [0.29, 0.717) is 6.04 Å². The summed E-state index contributed by atoms with van der Waals surface area (Å²) in [5, 5.41) is 3.37. The minimum atomic E-state index is -0.177. The van der Waals surface area contributed by atoms with Crippen molar-refractivity contribution in [3.63, 3.8) is 0 Å². The van der Waals surface area contributed by atoms with E-state index in [2.05, 4.69) is 37.4 Å². The monoisotopic (exact) mass is 271 g/mol. The molecule has 1 N–H and O–H groups in total. The number of rotatable bonds is 5. The zero-order chi connectivity index (χ0) is 14.5. The predicted molar refractivity (Wildman–Crippen MR) is 82.6 cm³/mol. The topological polar surface area (TPSA) is 12.0 Å². The number of benzene rings is 2. The molecule has 0 aliphatic heterocycles. The van der Waals surface area contributed by atoms with E-state index in [1.807, 2.05) is 19.2 Å². The van der Waals surface area contributed by atoms with E-state index in [1.54, 1.807) is 0 Å². The van der Waals surface area contributed by atoms with Gasteiger partial charge in [0, 0.05) is 6.04 Å². The molecule has 0 aromatic heterocycles. The first-order valence-electron chi connectivity index (χ1n) is 7.06. The van der Waals surface area contributed by atoms with Gasteiger partial charge in [-0.2, -0.15) is 0 Å². The molecule has 106 valence electrons. The lowest BCUT2D eigenvalue weighted by atomic mass is 9.95. The van der Waals surface area contributed by atoms with Crippen LogP contribution < -0.4 is 5.32 Å². The van der Waals surface area contributed by atoms with Crippen LogP contribution in [0.3, 0.4) is 0 Å². The minimum absolute atomic E-state index is 0.177. The number of likely N-dealkylation sites (N-methyl/N-ethyl adjacent to an activating group) is 1. The molecule has 0 saturated heterocycles. The zero-order valence-corrected chi connectivity index (χ0v) is 12.4. The summed E-state index contributed by atoms with van der Waals surface area (Å²) in [4.78, 5) is 0. The molecular formula is C18H22FN. The lowest BCUT2D eigenvalue weighted by Gasteiger charge is -2.18. The van der Waals surface area contributed by atoms with Crippen LogP contribution in [-0.4, -0.2) is 13.1 Å². The Kier molecular flexibility index (Phi) is 4.91. The maximum absolute atomic E-state index is 12.9. The van der Waals surface area contributed by atoms with Crippen LogP contribution in [-0.2, 0) is 12.8 Å². The van der Waals surface area contributed by atoms with Crippen LogP contribution in [0.4, 0.5) is 4.39 Å². The summed E-state index contributed by atoms with van der Waals surface area (Å²) in [6.45, 7) is 4.27. The fourth-order valence-electron chi connectivity index (χ4n) is 2.47. The average Bonchev–Trinajstić information content (AvgIpc) is 2.44. The molecule has 0 aliphatic rings. The van der Waals surface area contributed by atoms with Gasteiger partial charge in [0.2, 0.25) is 0 Å². The predicted octanol–water partition coefficient (Wildman–Crippen LogP) is 3.82. The van der Waals surface area contributed by atoms with Gasteiger partial charge in [-0.1, -0.05) is 35.9 Å². The van der Waals surface area contributed by atoms with E-state index in [1.165, 1.54) is 28.8 Å². The van der Waals surface area contributed by atoms with E-state index in [-0.39, 0.29) is 5.82 Å². The van der Waals surface area contributed by atoms with Gasteiger partial charge in [0.1, 0.15) is 5.82 Å². The van der Waals surface area contributed by atoms with Crippen LogP contribution in [0.2, 0.25) is 0 Å². The molecule has 20 heavy (non-hydrogen) atoms. The summed E-state index contributed by atoms with van der Waals surface area (Å²) in [6.07, 6.45) is 1.89. The summed E-state index contributed by atoms with van der Waals surface area (Å²) in [5.41, 5.74) is 5.17. The molecule has 0 bridgehead atoms. The van der Waals surface area contributed by atoms with Crippen molar-refractivity contribution in [1.29, 1.82) is 0 Å². The van der Waals surface area contributed by atoms with E-state index in [0.717, 1.165) is 18.4 Å². The second-order valence-corrected chi connectivity index (χ2v) is 5.45. The third-order valence-electron chi connectivity index (χ3n) is 3.77. The largest absolute Gasteiger partial charge is 0.316 e. The highest BCUT2D eigenvalue weighted by Crippen LogP contribution is 2.15. The first-order valence-corrected chi connectivity index (χ1v) is 7.06. The Morgan fingerprint density at radius 2 is 1.70 bits per heavy atom. The molecule has 0 heterocycles. The SMILES string of the molecule is CNC(Cc1ccc(F)cc1)Cc1cc(C)ccc1C. The Bertz CT molecular complexity index is 560. The van der Waals surface area contributed by atoms with Crippen molar-refractivity contribution >= 4 is 0 Å². The molecule has 0 amide bonds. The quantitative estimate of drug-likeness (QED) is 0.872. The maximum atomic E-state index is 12.9. The van der Waals surface area contributed by atoms with Crippen molar-refractivity contribution in [2.24, 2.45) is 0 Å². The maximum Gasteiger partial charge on any atom is 0.123 e. The number of hydrogen-bond donors (Lipinski definition) is 1. The van der Waals surface area contributed by atoms with Crippen molar-refractivity contribution in [2.45, 2.75) is 32.7 Å². The van der Waals surface area contributed by atoms with Crippen LogP contribution in [0, 0.1) is 19.7 Å². The molecule has 2 aromatic carbocycles. The minimum Gasteiger partial charge on any atom is -0.316 e. The van der Waals surface area contributed by atoms with Crippen LogP contribution in [0.25, 0.3) is 0 Å². The van der Waals surface area contributed by atoms with Gasteiger partial charge in [0.25, 0.3) is 0 Å². The van der Waals surface area contributed by atoms with Crippen LogP contribution in [0.1, 0.15) is 22.3 Å². The summed E-state index contributed by atoms with van der Waals surface area (Å²) in [5.74, 6) is -0.177. The lowest BCUT2D eigenvalue weighted by Crippen LogP contribution is -2.30. The molecule has 2 rings (SSSR count). The first-order chi connectivity index (χ1) is 9.58. The Hall–Kier alpha value is -1.67. The average molecular weight is 271 g/mol. The van der Waals surface area contributed by atoms with E-state index in [9.17, 15) is 4.39 Å². The van der Waals surface area contributed by atoms with Gasteiger partial charge in [0.05, 0.1) is 0 Å². The fraction of sp³-hybridized carbons (Fsp3) is 0.333. The molecule has 2 heteroatoms. The van der Waals surface area contributed by atoms with E-state index >= 15 is 0 Å². The summed E-state index contributed by atoms with van der Waals surface area (Å²) in [6, 6.07) is 13.7. The van der Waals surface area contributed by atoms with Crippen molar-refractivity contribution in [1.82, 2.24) is 5.32 Å². The third-order valence-corrected chi connectivity index (χ3v) is 3.77. The smallest absolute Gasteiger partial charge is 0.123 e. The van der Waals surface area contributed by atoms with Gasteiger partial charge in [-0.3, -0.25) is 0 Å². The molecule has 1 atom stereocenters. The second kappa shape index (κ2) is 6.67. The lowest BCUT2D eigenvalue weighted by molar-refractivity contribution is 0.554. The van der Waals surface area contributed by atoms with Gasteiger partial charge >= 0.3 is 0 Å². The summed E-state index contributed by atoms with van der Waals surface area (Å²) < 4.78 is 12.9. The zero-order valence-electron chi connectivity index (χ0n) is 12.4. The number of hydrogen-bond acceptors (Lipinski definition) is 1. The molecule has 2 aromatic rings. The summed E-state index contributed by atoms with van der Waals surface area (Å²) >= 11 is 0. The molecule has 1 unspecified atom stereocenters. The highest BCUT2D eigenvalue weighted by Gasteiger charge is 2.10. The molecule has 0 saturated carbocycles. The van der Waals surface area contributed by atoms with Crippen LogP contribution in [0.15, 0.2) is 42.5 Å². The Labute approximate surface area is 120 Å². The molecular weight excluding hydrogens is 249 g/mol. The number of aryl methyl sites for hydroxylation is 2. The van der Waals surface area contributed by atoms with E-state index in [4.69, 9.17) is 0 Å². The van der Waals surface area contributed by atoms with Gasteiger partial charge in [-0.15, -0.1) is 0 Å². The Morgan fingerprint density at radius 1 is 1.00 bits per heavy atom. The fourth-order valence-corrected chi connectivity index (χ4v) is 2.47. The highest BCUT2D eigenvalue weighted by molar-refractivity contribution is 5.31. The van der Waals surface area contributed by atoms with Crippen molar-refractivity contribution in [3.05, 3.63) is 70.5 Å². The Balaban J connectivity index is 2.08. The standard InChI is InChI=1S/C18H22FN/c1-13-4-5-14(2)16(10-13)12-18(20-3)11-15-6-8-17(19)9-7-15/h4-10,18,20H,11-12H2,1-3H3. The molecule has 0 radical (unpaired) electrons. The normalized spacial score (nSPS) is 12.4. The van der Waals surface area contributed by atoms with Gasteiger partial charge < -0.3 is 5.32 Å². The molecule has 1 nitrogen and oxygen atoms in total. The van der Waals surface area contributed by atoms with Crippen molar-refractivity contribution < 1.29 is 4.39 Å².